The maximum absolute atomic E-state index is 12.2. The van der Waals surface area contributed by atoms with Crippen molar-refractivity contribution in [3.05, 3.63) is 0 Å². The summed E-state index contributed by atoms with van der Waals surface area (Å²) in [4.78, 5) is 25.9. The van der Waals surface area contributed by atoms with E-state index in [-0.39, 0.29) is 23.9 Å². The van der Waals surface area contributed by atoms with Gasteiger partial charge in [0.05, 0.1) is 0 Å². The Kier molecular flexibility index (Phi) is 4.22. The van der Waals surface area contributed by atoms with E-state index in [1.807, 2.05) is 6.92 Å². The van der Waals surface area contributed by atoms with E-state index in [0.29, 0.717) is 18.9 Å². The Bertz CT molecular complexity index is 326. The van der Waals surface area contributed by atoms with Crippen molar-refractivity contribution in [2.24, 2.45) is 5.92 Å². The average Bonchev–Trinajstić information content (AvgIpc) is 2.37. The monoisotopic (exact) mass is 254 g/mol. The summed E-state index contributed by atoms with van der Waals surface area (Å²) in [5.41, 5.74) is 0. The third-order valence-corrected chi connectivity index (χ3v) is 3.87. The molecule has 2 unspecified atom stereocenters. The van der Waals surface area contributed by atoms with Crippen LogP contribution < -0.4 is 5.32 Å². The molecule has 18 heavy (non-hydrogen) atoms. The second-order valence-corrected chi connectivity index (χ2v) is 5.20. The van der Waals surface area contributed by atoms with Gasteiger partial charge in [0.2, 0.25) is 11.8 Å². The highest BCUT2D eigenvalue weighted by Gasteiger charge is 2.38. The van der Waals surface area contributed by atoms with Crippen LogP contribution in [0.25, 0.3) is 0 Å². The molecule has 2 aliphatic heterocycles. The summed E-state index contributed by atoms with van der Waals surface area (Å²) in [6.07, 6.45) is 2.64. The van der Waals surface area contributed by atoms with E-state index in [1.54, 1.807) is 11.8 Å². The average molecular weight is 254 g/mol. The Morgan fingerprint density at radius 2 is 2.00 bits per heavy atom. The topological polar surface area (TPSA) is 58.6 Å². The van der Waals surface area contributed by atoms with Crippen LogP contribution in [0, 0.1) is 5.92 Å². The van der Waals surface area contributed by atoms with Gasteiger partial charge in [0.1, 0.15) is 12.1 Å². The van der Waals surface area contributed by atoms with Gasteiger partial charge in [-0.2, -0.15) is 0 Å². The SMILES string of the molecule is CCC1C(=O)NC(C)C(=O)N1CC1CCOCC1. The maximum Gasteiger partial charge on any atom is 0.245 e. The number of hydrogen-bond acceptors (Lipinski definition) is 3. The summed E-state index contributed by atoms with van der Waals surface area (Å²) >= 11 is 0. The molecule has 0 saturated carbocycles. The largest absolute Gasteiger partial charge is 0.381 e. The first-order chi connectivity index (χ1) is 8.63. The van der Waals surface area contributed by atoms with Crippen molar-refractivity contribution >= 4 is 11.8 Å². The lowest BCUT2D eigenvalue weighted by Crippen LogP contribution is -2.63. The summed E-state index contributed by atoms with van der Waals surface area (Å²) in [6, 6.07) is -0.684. The zero-order valence-corrected chi connectivity index (χ0v) is 11.1. The highest BCUT2D eigenvalue weighted by molar-refractivity contribution is 5.96. The molecule has 0 spiro atoms. The molecule has 0 radical (unpaired) electrons. The highest BCUT2D eigenvalue weighted by Crippen LogP contribution is 2.21. The molecule has 2 heterocycles. The van der Waals surface area contributed by atoms with Crippen LogP contribution in [0.2, 0.25) is 0 Å². The molecule has 2 rings (SSSR count). The van der Waals surface area contributed by atoms with E-state index in [4.69, 9.17) is 4.74 Å². The number of hydrogen-bond donors (Lipinski definition) is 1. The van der Waals surface area contributed by atoms with Gasteiger partial charge in [-0.3, -0.25) is 9.59 Å². The second kappa shape index (κ2) is 5.69. The molecule has 1 N–H and O–H groups in total. The Labute approximate surface area is 108 Å². The zero-order chi connectivity index (χ0) is 13.1. The van der Waals surface area contributed by atoms with Crippen LogP contribution in [0.15, 0.2) is 0 Å². The Hall–Kier alpha value is -1.10. The van der Waals surface area contributed by atoms with Crippen LogP contribution >= 0.6 is 0 Å². The number of amides is 2. The predicted octanol–water partition coefficient (Wildman–Crippen LogP) is 0.539. The van der Waals surface area contributed by atoms with Gasteiger partial charge in [0.25, 0.3) is 0 Å². The molecule has 2 saturated heterocycles. The molecule has 0 bridgehead atoms. The number of nitrogens with zero attached hydrogens (tertiary/aromatic N) is 1. The summed E-state index contributed by atoms with van der Waals surface area (Å²) in [7, 11) is 0. The van der Waals surface area contributed by atoms with Gasteiger partial charge in [0, 0.05) is 19.8 Å². The smallest absolute Gasteiger partial charge is 0.245 e. The van der Waals surface area contributed by atoms with Crippen LogP contribution in [-0.4, -0.2) is 48.6 Å². The standard InChI is InChI=1S/C13H22N2O3/c1-3-11-12(16)14-9(2)13(17)15(11)8-10-4-6-18-7-5-10/h9-11H,3-8H2,1-2H3,(H,14,16). The highest BCUT2D eigenvalue weighted by atomic mass is 16.5. The lowest BCUT2D eigenvalue weighted by Gasteiger charge is -2.40. The normalized spacial score (nSPS) is 30.4. The molecule has 0 aromatic heterocycles. The number of piperazine rings is 1. The summed E-state index contributed by atoms with van der Waals surface area (Å²) in [6.45, 7) is 5.93. The van der Waals surface area contributed by atoms with Crippen LogP contribution in [0.1, 0.15) is 33.1 Å². The van der Waals surface area contributed by atoms with Gasteiger partial charge in [-0.15, -0.1) is 0 Å². The second-order valence-electron chi connectivity index (χ2n) is 5.20. The van der Waals surface area contributed by atoms with Gasteiger partial charge in [-0.05, 0) is 32.1 Å². The molecular formula is C13H22N2O3. The molecule has 5 heteroatoms. The number of rotatable bonds is 3. The number of ether oxygens (including phenoxy) is 1. The van der Waals surface area contributed by atoms with Crippen LogP contribution in [-0.2, 0) is 14.3 Å². The quantitative estimate of drug-likeness (QED) is 0.799. The van der Waals surface area contributed by atoms with Crippen molar-refractivity contribution in [2.75, 3.05) is 19.8 Å². The van der Waals surface area contributed by atoms with Crippen molar-refractivity contribution in [2.45, 2.75) is 45.2 Å². The first-order valence-electron chi connectivity index (χ1n) is 6.82. The third-order valence-electron chi connectivity index (χ3n) is 3.87. The number of carbonyl (C=O) groups excluding carboxylic acids is 2. The summed E-state index contributed by atoms with van der Waals surface area (Å²) in [5.74, 6) is 0.499. The molecule has 0 aromatic carbocycles. The van der Waals surface area contributed by atoms with E-state index in [1.165, 1.54) is 0 Å². The molecule has 102 valence electrons. The fourth-order valence-electron chi connectivity index (χ4n) is 2.75. The molecule has 5 nitrogen and oxygen atoms in total. The lowest BCUT2D eigenvalue weighted by atomic mass is 9.96. The van der Waals surface area contributed by atoms with Gasteiger partial charge in [0.15, 0.2) is 0 Å². The van der Waals surface area contributed by atoms with Crippen molar-refractivity contribution in [1.82, 2.24) is 10.2 Å². The van der Waals surface area contributed by atoms with Gasteiger partial charge in [-0.1, -0.05) is 6.92 Å². The van der Waals surface area contributed by atoms with Gasteiger partial charge < -0.3 is 15.0 Å². The van der Waals surface area contributed by atoms with E-state index < -0.39 is 0 Å². The molecule has 0 aromatic rings. The van der Waals surface area contributed by atoms with Crippen molar-refractivity contribution in [1.29, 1.82) is 0 Å². The first kappa shape index (κ1) is 13.3. The van der Waals surface area contributed by atoms with Crippen molar-refractivity contribution < 1.29 is 14.3 Å². The van der Waals surface area contributed by atoms with Crippen LogP contribution in [0.3, 0.4) is 0 Å². The van der Waals surface area contributed by atoms with Crippen molar-refractivity contribution in [3.63, 3.8) is 0 Å². The van der Waals surface area contributed by atoms with E-state index >= 15 is 0 Å². The Morgan fingerprint density at radius 1 is 1.33 bits per heavy atom. The summed E-state index contributed by atoms with van der Waals surface area (Å²) < 4.78 is 5.33. The fraction of sp³-hybridized carbons (Fsp3) is 0.846. The van der Waals surface area contributed by atoms with Gasteiger partial charge >= 0.3 is 0 Å². The fourth-order valence-corrected chi connectivity index (χ4v) is 2.75. The first-order valence-corrected chi connectivity index (χ1v) is 6.82. The van der Waals surface area contributed by atoms with E-state index in [9.17, 15) is 9.59 Å². The molecule has 2 fully saturated rings. The maximum atomic E-state index is 12.2. The third kappa shape index (κ3) is 2.66. The molecule has 2 atom stereocenters. The van der Waals surface area contributed by atoms with E-state index in [0.717, 1.165) is 26.1 Å². The van der Waals surface area contributed by atoms with Gasteiger partial charge in [-0.25, -0.2) is 0 Å². The Morgan fingerprint density at radius 3 is 2.61 bits per heavy atom. The number of nitrogens with one attached hydrogen (secondary N) is 1. The minimum absolute atomic E-state index is 0.0170. The minimum atomic E-state index is -0.389. The summed E-state index contributed by atoms with van der Waals surface area (Å²) in [5, 5.41) is 2.74. The Balaban J connectivity index is 2.05. The minimum Gasteiger partial charge on any atom is -0.381 e. The molecular weight excluding hydrogens is 232 g/mol. The lowest BCUT2D eigenvalue weighted by molar-refractivity contribution is -0.150. The zero-order valence-electron chi connectivity index (χ0n) is 11.1. The van der Waals surface area contributed by atoms with Crippen molar-refractivity contribution in [3.8, 4) is 0 Å². The van der Waals surface area contributed by atoms with Crippen LogP contribution in [0.4, 0.5) is 0 Å². The molecule has 2 aliphatic rings. The molecule has 0 aliphatic carbocycles. The van der Waals surface area contributed by atoms with E-state index in [2.05, 4.69) is 5.32 Å². The number of carbonyl (C=O) groups is 2. The predicted molar refractivity (Wildman–Crippen MR) is 66.9 cm³/mol. The molecule has 2 amide bonds. The van der Waals surface area contributed by atoms with Crippen LogP contribution in [0.5, 0.6) is 0 Å².